The van der Waals surface area contributed by atoms with Gasteiger partial charge in [-0.05, 0) is 37.6 Å². The standard InChI is InChI=1S/C18H28N4O3S/c1-19-26(24,25)17-5-2-15(3-6-17)4-7-18(23)22-11-8-16(14-22)21-12-9-20-10-13-21/h2-3,5-6,16,19-20H,4,7-14H2,1H3. The molecule has 2 aliphatic rings. The molecule has 0 radical (unpaired) electrons. The summed E-state index contributed by atoms with van der Waals surface area (Å²) in [6.45, 7) is 5.86. The maximum atomic E-state index is 12.5. The number of benzene rings is 1. The molecule has 144 valence electrons. The average Bonchev–Trinajstić information content (AvgIpc) is 3.17. The highest BCUT2D eigenvalue weighted by atomic mass is 32.2. The minimum atomic E-state index is -3.41. The lowest BCUT2D eigenvalue weighted by Crippen LogP contribution is -2.49. The zero-order valence-corrected chi connectivity index (χ0v) is 16.1. The first kappa shape index (κ1) is 19.3. The normalized spacial score (nSPS) is 21.9. The second-order valence-electron chi connectivity index (χ2n) is 6.92. The molecule has 26 heavy (non-hydrogen) atoms. The number of likely N-dealkylation sites (tertiary alicyclic amines) is 1. The van der Waals surface area contributed by atoms with Crippen molar-refractivity contribution in [3.8, 4) is 0 Å². The molecule has 1 aromatic rings. The zero-order chi connectivity index (χ0) is 18.6. The summed E-state index contributed by atoms with van der Waals surface area (Å²) < 4.78 is 25.8. The summed E-state index contributed by atoms with van der Waals surface area (Å²) in [5, 5.41) is 3.36. The van der Waals surface area contributed by atoms with Gasteiger partial charge < -0.3 is 10.2 Å². The van der Waals surface area contributed by atoms with Gasteiger partial charge in [-0.1, -0.05) is 12.1 Å². The van der Waals surface area contributed by atoms with Gasteiger partial charge in [0.2, 0.25) is 15.9 Å². The molecule has 0 saturated carbocycles. The Balaban J connectivity index is 1.48. The van der Waals surface area contributed by atoms with Crippen molar-refractivity contribution in [2.75, 3.05) is 46.3 Å². The number of carbonyl (C=O) groups is 1. The van der Waals surface area contributed by atoms with Crippen LogP contribution in [-0.2, 0) is 21.2 Å². The SMILES string of the molecule is CNS(=O)(=O)c1ccc(CCC(=O)N2CCC(N3CCNCC3)C2)cc1. The van der Waals surface area contributed by atoms with Gasteiger partial charge in [0, 0.05) is 51.7 Å². The van der Waals surface area contributed by atoms with Crippen LogP contribution in [0.25, 0.3) is 0 Å². The molecular formula is C18H28N4O3S. The summed E-state index contributed by atoms with van der Waals surface area (Å²) in [5.41, 5.74) is 0.978. The van der Waals surface area contributed by atoms with E-state index in [4.69, 9.17) is 0 Å². The Bertz CT molecular complexity index is 714. The van der Waals surface area contributed by atoms with E-state index in [-0.39, 0.29) is 10.8 Å². The highest BCUT2D eigenvalue weighted by Crippen LogP contribution is 2.18. The molecule has 8 heteroatoms. The van der Waals surface area contributed by atoms with E-state index in [9.17, 15) is 13.2 Å². The van der Waals surface area contributed by atoms with Gasteiger partial charge >= 0.3 is 0 Å². The molecule has 1 amide bonds. The predicted octanol–water partition coefficient (Wildman–Crippen LogP) is 0.0334. The average molecular weight is 381 g/mol. The van der Waals surface area contributed by atoms with Crippen molar-refractivity contribution in [1.82, 2.24) is 19.8 Å². The third-order valence-corrected chi connectivity index (χ3v) is 6.74. The number of carbonyl (C=O) groups excluding carboxylic acids is 1. The number of aryl methyl sites for hydroxylation is 1. The van der Waals surface area contributed by atoms with Crippen LogP contribution in [0.5, 0.6) is 0 Å². The highest BCUT2D eigenvalue weighted by Gasteiger charge is 2.30. The van der Waals surface area contributed by atoms with E-state index >= 15 is 0 Å². The topological polar surface area (TPSA) is 81.8 Å². The smallest absolute Gasteiger partial charge is 0.240 e. The van der Waals surface area contributed by atoms with Gasteiger partial charge in [0.25, 0.3) is 0 Å². The van der Waals surface area contributed by atoms with Gasteiger partial charge in [0.1, 0.15) is 0 Å². The Labute approximate surface area is 155 Å². The maximum Gasteiger partial charge on any atom is 0.240 e. The lowest BCUT2D eigenvalue weighted by Gasteiger charge is -2.32. The van der Waals surface area contributed by atoms with Crippen LogP contribution >= 0.6 is 0 Å². The van der Waals surface area contributed by atoms with Gasteiger partial charge in [0.15, 0.2) is 0 Å². The molecule has 2 fully saturated rings. The van der Waals surface area contributed by atoms with Crippen molar-refractivity contribution in [1.29, 1.82) is 0 Å². The van der Waals surface area contributed by atoms with E-state index in [0.29, 0.717) is 18.9 Å². The monoisotopic (exact) mass is 380 g/mol. The van der Waals surface area contributed by atoms with Gasteiger partial charge in [-0.25, -0.2) is 13.1 Å². The number of nitrogens with zero attached hydrogens (tertiary/aromatic N) is 2. The van der Waals surface area contributed by atoms with Crippen molar-refractivity contribution in [2.24, 2.45) is 0 Å². The third-order valence-electron chi connectivity index (χ3n) is 5.31. The number of hydrogen-bond donors (Lipinski definition) is 2. The molecular weight excluding hydrogens is 352 g/mol. The van der Waals surface area contributed by atoms with E-state index < -0.39 is 10.0 Å². The van der Waals surface area contributed by atoms with Crippen LogP contribution in [0.1, 0.15) is 18.4 Å². The van der Waals surface area contributed by atoms with Crippen LogP contribution in [0, 0.1) is 0 Å². The molecule has 0 bridgehead atoms. The molecule has 1 aromatic carbocycles. The number of nitrogens with one attached hydrogen (secondary N) is 2. The summed E-state index contributed by atoms with van der Waals surface area (Å²) >= 11 is 0. The van der Waals surface area contributed by atoms with E-state index in [2.05, 4.69) is 14.9 Å². The molecule has 2 saturated heterocycles. The van der Waals surface area contributed by atoms with Crippen LogP contribution < -0.4 is 10.0 Å². The lowest BCUT2D eigenvalue weighted by atomic mass is 10.1. The van der Waals surface area contributed by atoms with Crippen molar-refractivity contribution < 1.29 is 13.2 Å². The molecule has 0 aliphatic carbocycles. The van der Waals surface area contributed by atoms with E-state index in [1.165, 1.54) is 7.05 Å². The summed E-state index contributed by atoms with van der Waals surface area (Å²) in [4.78, 5) is 17.2. The molecule has 0 spiro atoms. The summed E-state index contributed by atoms with van der Waals surface area (Å²) in [6, 6.07) is 7.23. The quantitative estimate of drug-likeness (QED) is 0.728. The van der Waals surface area contributed by atoms with Crippen LogP contribution in [-0.4, -0.2) is 76.5 Å². The minimum Gasteiger partial charge on any atom is -0.341 e. The Hall–Kier alpha value is -1.48. The molecule has 2 heterocycles. The van der Waals surface area contributed by atoms with E-state index in [1.807, 2.05) is 4.90 Å². The van der Waals surface area contributed by atoms with Crippen LogP contribution in [0.3, 0.4) is 0 Å². The van der Waals surface area contributed by atoms with Gasteiger partial charge in [0.05, 0.1) is 4.90 Å². The van der Waals surface area contributed by atoms with Crippen molar-refractivity contribution in [3.05, 3.63) is 29.8 Å². The number of amides is 1. The molecule has 2 N–H and O–H groups in total. The Kier molecular flexibility index (Phi) is 6.29. The van der Waals surface area contributed by atoms with E-state index in [1.54, 1.807) is 24.3 Å². The minimum absolute atomic E-state index is 0.189. The Morgan fingerprint density at radius 1 is 1.19 bits per heavy atom. The second kappa shape index (κ2) is 8.47. The number of hydrogen-bond acceptors (Lipinski definition) is 5. The molecule has 2 aliphatic heterocycles. The largest absolute Gasteiger partial charge is 0.341 e. The lowest BCUT2D eigenvalue weighted by molar-refractivity contribution is -0.130. The maximum absolute atomic E-state index is 12.5. The number of piperazine rings is 1. The molecule has 0 aromatic heterocycles. The van der Waals surface area contributed by atoms with Gasteiger partial charge in [-0.15, -0.1) is 0 Å². The highest BCUT2D eigenvalue weighted by molar-refractivity contribution is 7.89. The fourth-order valence-corrected chi connectivity index (χ4v) is 4.41. The molecule has 7 nitrogen and oxygen atoms in total. The van der Waals surface area contributed by atoms with Crippen molar-refractivity contribution in [2.45, 2.75) is 30.2 Å². The molecule has 3 rings (SSSR count). The van der Waals surface area contributed by atoms with Crippen LogP contribution in [0.4, 0.5) is 0 Å². The first-order chi connectivity index (χ1) is 12.5. The van der Waals surface area contributed by atoms with Crippen LogP contribution in [0.15, 0.2) is 29.2 Å². The predicted molar refractivity (Wildman–Crippen MR) is 100 cm³/mol. The fraction of sp³-hybridized carbons (Fsp3) is 0.611. The van der Waals surface area contributed by atoms with Gasteiger partial charge in [-0.3, -0.25) is 9.69 Å². The Morgan fingerprint density at radius 3 is 2.54 bits per heavy atom. The summed E-state index contributed by atoms with van der Waals surface area (Å²) in [6.07, 6.45) is 2.15. The van der Waals surface area contributed by atoms with Crippen molar-refractivity contribution >= 4 is 15.9 Å². The second-order valence-corrected chi connectivity index (χ2v) is 8.81. The third kappa shape index (κ3) is 4.62. The zero-order valence-electron chi connectivity index (χ0n) is 15.3. The summed E-state index contributed by atoms with van der Waals surface area (Å²) in [7, 11) is -2.02. The van der Waals surface area contributed by atoms with E-state index in [0.717, 1.165) is 51.3 Å². The molecule has 1 atom stereocenters. The Morgan fingerprint density at radius 2 is 1.88 bits per heavy atom. The van der Waals surface area contributed by atoms with Crippen LogP contribution in [0.2, 0.25) is 0 Å². The summed E-state index contributed by atoms with van der Waals surface area (Å²) in [5.74, 6) is 0.189. The van der Waals surface area contributed by atoms with Gasteiger partial charge in [-0.2, -0.15) is 0 Å². The van der Waals surface area contributed by atoms with Crippen molar-refractivity contribution in [3.63, 3.8) is 0 Å². The number of sulfonamides is 1. The fourth-order valence-electron chi connectivity index (χ4n) is 3.68. The first-order valence-corrected chi connectivity index (χ1v) is 10.7. The number of rotatable bonds is 6. The molecule has 1 unspecified atom stereocenters. The first-order valence-electron chi connectivity index (χ1n) is 9.24.